The van der Waals surface area contributed by atoms with Crippen LogP contribution < -0.4 is 15.2 Å². The standard InChI is InChI=1S/C17H18BrNO2S/c1-11-3-5-14(9-12(11)2)20-7-8-21-16-6-4-13(18)10-15(16)17(19)22/h3-6,9-10H,7-8H2,1-2H3,(H2,19,22). The third-order valence-electron chi connectivity index (χ3n) is 3.30. The van der Waals surface area contributed by atoms with Crippen LogP contribution in [0.15, 0.2) is 40.9 Å². The van der Waals surface area contributed by atoms with Gasteiger partial charge in [-0.25, -0.2) is 0 Å². The first kappa shape index (κ1) is 16.8. The van der Waals surface area contributed by atoms with Gasteiger partial charge in [-0.15, -0.1) is 0 Å². The summed E-state index contributed by atoms with van der Waals surface area (Å²) in [4.78, 5) is 0.311. The van der Waals surface area contributed by atoms with Gasteiger partial charge in [0.1, 0.15) is 29.7 Å². The molecule has 22 heavy (non-hydrogen) atoms. The molecule has 0 aromatic heterocycles. The minimum absolute atomic E-state index is 0.311. The van der Waals surface area contributed by atoms with Crippen LogP contribution in [-0.2, 0) is 0 Å². The highest BCUT2D eigenvalue weighted by Crippen LogP contribution is 2.23. The molecule has 0 fully saturated rings. The van der Waals surface area contributed by atoms with E-state index in [1.54, 1.807) is 0 Å². The molecule has 0 bridgehead atoms. The van der Waals surface area contributed by atoms with Crippen LogP contribution in [0.4, 0.5) is 0 Å². The second-order valence-electron chi connectivity index (χ2n) is 4.95. The SMILES string of the molecule is Cc1ccc(OCCOc2ccc(Br)cc2C(N)=S)cc1C. The third-order valence-corrected chi connectivity index (χ3v) is 4.01. The lowest BCUT2D eigenvalue weighted by Gasteiger charge is -2.12. The number of nitrogens with two attached hydrogens (primary N) is 1. The van der Waals surface area contributed by atoms with Gasteiger partial charge in [-0.1, -0.05) is 34.2 Å². The fraction of sp³-hybridized carbons (Fsp3) is 0.235. The van der Waals surface area contributed by atoms with Crippen molar-refractivity contribution in [3.05, 3.63) is 57.6 Å². The van der Waals surface area contributed by atoms with Crippen LogP contribution in [0.5, 0.6) is 11.5 Å². The molecular formula is C17H18BrNO2S. The summed E-state index contributed by atoms with van der Waals surface area (Å²) in [5, 5.41) is 0. The van der Waals surface area contributed by atoms with Gasteiger partial charge in [0.15, 0.2) is 0 Å². The third kappa shape index (κ3) is 4.45. The Bertz CT molecular complexity index is 688. The molecule has 5 heteroatoms. The summed E-state index contributed by atoms with van der Waals surface area (Å²) in [5.74, 6) is 1.51. The van der Waals surface area contributed by atoms with Gasteiger partial charge in [-0.3, -0.25) is 0 Å². The molecule has 0 amide bonds. The number of ether oxygens (including phenoxy) is 2. The normalized spacial score (nSPS) is 10.3. The van der Waals surface area contributed by atoms with Crippen LogP contribution in [0, 0.1) is 13.8 Å². The summed E-state index contributed by atoms with van der Waals surface area (Å²) < 4.78 is 12.3. The van der Waals surface area contributed by atoms with Crippen molar-refractivity contribution in [1.82, 2.24) is 0 Å². The monoisotopic (exact) mass is 379 g/mol. The molecule has 0 aliphatic heterocycles. The van der Waals surface area contributed by atoms with Gasteiger partial charge < -0.3 is 15.2 Å². The van der Waals surface area contributed by atoms with Crippen molar-refractivity contribution in [3.8, 4) is 11.5 Å². The second-order valence-corrected chi connectivity index (χ2v) is 6.30. The summed E-state index contributed by atoms with van der Waals surface area (Å²) in [6, 6.07) is 11.6. The Morgan fingerprint density at radius 2 is 1.77 bits per heavy atom. The van der Waals surface area contributed by atoms with E-state index in [1.165, 1.54) is 11.1 Å². The molecule has 2 aromatic carbocycles. The highest BCUT2D eigenvalue weighted by molar-refractivity contribution is 9.10. The van der Waals surface area contributed by atoms with Crippen LogP contribution in [-0.4, -0.2) is 18.2 Å². The van der Waals surface area contributed by atoms with Crippen LogP contribution >= 0.6 is 28.1 Å². The smallest absolute Gasteiger partial charge is 0.129 e. The number of aryl methyl sites for hydroxylation is 2. The zero-order chi connectivity index (χ0) is 16.1. The quantitative estimate of drug-likeness (QED) is 0.604. The topological polar surface area (TPSA) is 44.5 Å². The maximum atomic E-state index is 5.72. The lowest BCUT2D eigenvalue weighted by atomic mass is 10.1. The molecule has 0 aliphatic carbocycles. The maximum Gasteiger partial charge on any atom is 0.129 e. The molecule has 2 aromatic rings. The van der Waals surface area contributed by atoms with Crippen LogP contribution in [0.3, 0.4) is 0 Å². The molecule has 116 valence electrons. The molecule has 0 heterocycles. The molecule has 0 unspecified atom stereocenters. The predicted octanol–water partition coefficient (Wildman–Crippen LogP) is 4.16. The van der Waals surface area contributed by atoms with E-state index in [2.05, 4.69) is 29.8 Å². The fourth-order valence-corrected chi connectivity index (χ4v) is 2.46. The molecular weight excluding hydrogens is 362 g/mol. The van der Waals surface area contributed by atoms with Gasteiger partial charge in [0.2, 0.25) is 0 Å². The van der Waals surface area contributed by atoms with Gasteiger partial charge in [0, 0.05) is 4.47 Å². The molecule has 0 atom stereocenters. The van der Waals surface area contributed by atoms with E-state index in [-0.39, 0.29) is 0 Å². The average Bonchev–Trinajstić information content (AvgIpc) is 2.48. The van der Waals surface area contributed by atoms with Gasteiger partial charge in [-0.2, -0.15) is 0 Å². The van der Waals surface area contributed by atoms with E-state index >= 15 is 0 Å². The zero-order valence-corrected chi connectivity index (χ0v) is 15.0. The minimum atomic E-state index is 0.311. The van der Waals surface area contributed by atoms with Gasteiger partial charge >= 0.3 is 0 Å². The summed E-state index contributed by atoms with van der Waals surface area (Å²) in [5.41, 5.74) is 8.89. The van der Waals surface area contributed by atoms with Crippen molar-refractivity contribution in [3.63, 3.8) is 0 Å². The second kappa shape index (κ2) is 7.61. The van der Waals surface area contributed by atoms with Crippen LogP contribution in [0.2, 0.25) is 0 Å². The number of rotatable bonds is 6. The Morgan fingerprint density at radius 1 is 1.05 bits per heavy atom. The molecule has 0 aliphatic rings. The molecule has 0 saturated carbocycles. The summed E-state index contributed by atoms with van der Waals surface area (Å²) in [7, 11) is 0. The van der Waals surface area contributed by atoms with Crippen LogP contribution in [0.1, 0.15) is 16.7 Å². The Hall–Kier alpha value is -1.59. The van der Waals surface area contributed by atoms with E-state index in [0.717, 1.165) is 15.8 Å². The first-order chi connectivity index (χ1) is 10.5. The first-order valence-corrected chi connectivity index (χ1v) is 8.09. The van der Waals surface area contributed by atoms with Crippen molar-refractivity contribution in [1.29, 1.82) is 0 Å². The highest BCUT2D eigenvalue weighted by atomic mass is 79.9. The molecule has 2 N–H and O–H groups in total. The molecule has 0 radical (unpaired) electrons. The van der Waals surface area contributed by atoms with Crippen molar-refractivity contribution in [2.45, 2.75) is 13.8 Å². The van der Waals surface area contributed by atoms with Crippen LogP contribution in [0.25, 0.3) is 0 Å². The van der Waals surface area contributed by atoms with E-state index in [4.69, 9.17) is 27.4 Å². The van der Waals surface area contributed by atoms with E-state index in [9.17, 15) is 0 Å². The maximum absolute atomic E-state index is 5.72. The molecule has 2 rings (SSSR count). The molecule has 3 nitrogen and oxygen atoms in total. The van der Waals surface area contributed by atoms with E-state index in [1.807, 2.05) is 36.4 Å². The number of hydrogen-bond acceptors (Lipinski definition) is 3. The number of hydrogen-bond donors (Lipinski definition) is 1. The Morgan fingerprint density at radius 3 is 2.45 bits per heavy atom. The van der Waals surface area contributed by atoms with Gasteiger partial charge in [0.25, 0.3) is 0 Å². The Kier molecular flexibility index (Phi) is 5.80. The summed E-state index contributed by atoms with van der Waals surface area (Å²) in [6.45, 7) is 5.02. The predicted molar refractivity (Wildman–Crippen MR) is 96.9 cm³/mol. The Labute approximate surface area is 144 Å². The largest absolute Gasteiger partial charge is 0.490 e. The number of benzene rings is 2. The lowest BCUT2D eigenvalue weighted by molar-refractivity contribution is 0.217. The van der Waals surface area contributed by atoms with Crippen molar-refractivity contribution < 1.29 is 9.47 Å². The number of thiocarbonyl (C=S) groups is 1. The first-order valence-electron chi connectivity index (χ1n) is 6.89. The molecule has 0 spiro atoms. The van der Waals surface area contributed by atoms with Gasteiger partial charge in [-0.05, 0) is 55.3 Å². The van der Waals surface area contributed by atoms with E-state index in [0.29, 0.717) is 24.0 Å². The van der Waals surface area contributed by atoms with Crippen molar-refractivity contribution in [2.75, 3.05) is 13.2 Å². The Balaban J connectivity index is 1.91. The highest BCUT2D eigenvalue weighted by Gasteiger charge is 2.07. The molecule has 0 saturated heterocycles. The summed E-state index contributed by atoms with van der Waals surface area (Å²) >= 11 is 8.43. The average molecular weight is 380 g/mol. The lowest BCUT2D eigenvalue weighted by Crippen LogP contribution is -2.14. The number of halogens is 1. The van der Waals surface area contributed by atoms with Crippen molar-refractivity contribution >= 4 is 33.1 Å². The summed E-state index contributed by atoms with van der Waals surface area (Å²) in [6.07, 6.45) is 0. The minimum Gasteiger partial charge on any atom is -0.490 e. The fourth-order valence-electron chi connectivity index (χ4n) is 1.94. The van der Waals surface area contributed by atoms with E-state index < -0.39 is 0 Å². The van der Waals surface area contributed by atoms with Gasteiger partial charge in [0.05, 0.1) is 5.56 Å². The van der Waals surface area contributed by atoms with Crippen molar-refractivity contribution in [2.24, 2.45) is 5.73 Å². The zero-order valence-electron chi connectivity index (χ0n) is 12.6.